The molecule has 1 fully saturated rings. The van der Waals surface area contributed by atoms with Crippen LogP contribution in [0.5, 0.6) is 0 Å². The molecule has 1 aliphatic rings. The molecular formula is C20H21N5O2. The number of aromatic amines is 1. The highest BCUT2D eigenvalue weighted by molar-refractivity contribution is 5.75. The molecule has 5 rings (SSSR count). The number of rotatable bonds is 5. The Bertz CT molecular complexity index is 1250. The maximum Gasteiger partial charge on any atom is 0.333 e. The fraction of sp³-hybridized carbons (Fsp3) is 0.350. The van der Waals surface area contributed by atoms with E-state index in [1.807, 2.05) is 47.9 Å². The molecule has 0 atom stereocenters. The van der Waals surface area contributed by atoms with Gasteiger partial charge in [0.2, 0.25) is 5.78 Å². The fourth-order valence-electron chi connectivity index (χ4n) is 3.70. The molecule has 0 spiro atoms. The van der Waals surface area contributed by atoms with Crippen LogP contribution in [0.3, 0.4) is 0 Å². The molecule has 0 unspecified atom stereocenters. The Morgan fingerprint density at radius 1 is 1.15 bits per heavy atom. The molecule has 0 saturated heterocycles. The average Bonchev–Trinajstić information content (AvgIpc) is 3.35. The van der Waals surface area contributed by atoms with E-state index in [1.54, 1.807) is 4.57 Å². The lowest BCUT2D eigenvalue weighted by Crippen LogP contribution is -2.40. The smallest absolute Gasteiger partial charge is 0.327 e. The Balaban J connectivity index is 1.80. The predicted octanol–water partition coefficient (Wildman–Crippen LogP) is 2.47. The lowest BCUT2D eigenvalue weighted by molar-refractivity contribution is 0.578. The van der Waals surface area contributed by atoms with Crippen LogP contribution >= 0.6 is 0 Å². The number of hydrogen-bond acceptors (Lipinski definition) is 3. The number of nitrogens with one attached hydrogen (secondary N) is 1. The summed E-state index contributed by atoms with van der Waals surface area (Å²) in [6, 6.07) is 9.78. The maximum absolute atomic E-state index is 13.1. The van der Waals surface area contributed by atoms with Crippen LogP contribution in [-0.2, 0) is 13.1 Å². The SMILES string of the molecule is CCCn1c(=O)c2c(nc3[nH]c(C4CC4)cn32)n(Cc2ccccc2)c1=O. The molecule has 0 amide bonds. The molecule has 1 N–H and O–H groups in total. The summed E-state index contributed by atoms with van der Waals surface area (Å²) in [7, 11) is 0. The second-order valence-electron chi connectivity index (χ2n) is 7.27. The molecule has 0 radical (unpaired) electrons. The Morgan fingerprint density at radius 2 is 1.93 bits per heavy atom. The van der Waals surface area contributed by atoms with Crippen molar-refractivity contribution in [3.05, 3.63) is 68.6 Å². The molecule has 7 heteroatoms. The number of hydrogen-bond donors (Lipinski definition) is 1. The molecule has 138 valence electrons. The molecule has 4 aromatic rings. The van der Waals surface area contributed by atoms with Gasteiger partial charge in [0, 0.05) is 24.4 Å². The van der Waals surface area contributed by atoms with Crippen LogP contribution in [0.1, 0.15) is 43.4 Å². The van der Waals surface area contributed by atoms with Crippen molar-refractivity contribution < 1.29 is 0 Å². The molecule has 3 aromatic heterocycles. The highest BCUT2D eigenvalue weighted by Crippen LogP contribution is 2.39. The number of H-pyrrole nitrogens is 1. The first-order chi connectivity index (χ1) is 13.2. The second-order valence-corrected chi connectivity index (χ2v) is 7.27. The van der Waals surface area contributed by atoms with Crippen molar-refractivity contribution >= 4 is 16.9 Å². The Labute approximate surface area is 154 Å². The van der Waals surface area contributed by atoms with E-state index in [0.717, 1.165) is 11.3 Å². The molecule has 1 aliphatic carbocycles. The van der Waals surface area contributed by atoms with E-state index < -0.39 is 0 Å². The molecule has 0 aliphatic heterocycles. The van der Waals surface area contributed by atoms with Crippen molar-refractivity contribution in [3.63, 3.8) is 0 Å². The zero-order valence-corrected chi connectivity index (χ0v) is 15.2. The van der Waals surface area contributed by atoms with Crippen molar-refractivity contribution in [2.75, 3.05) is 0 Å². The van der Waals surface area contributed by atoms with Gasteiger partial charge < -0.3 is 4.98 Å². The van der Waals surface area contributed by atoms with Gasteiger partial charge in [-0.1, -0.05) is 37.3 Å². The van der Waals surface area contributed by atoms with Crippen molar-refractivity contribution in [1.82, 2.24) is 23.5 Å². The van der Waals surface area contributed by atoms with Crippen LogP contribution in [0, 0.1) is 0 Å². The third-order valence-electron chi connectivity index (χ3n) is 5.23. The first-order valence-electron chi connectivity index (χ1n) is 9.45. The summed E-state index contributed by atoms with van der Waals surface area (Å²) in [5.41, 5.74) is 2.45. The predicted molar refractivity (Wildman–Crippen MR) is 103 cm³/mol. The topological polar surface area (TPSA) is 77.1 Å². The van der Waals surface area contributed by atoms with Gasteiger partial charge in [-0.2, -0.15) is 4.98 Å². The van der Waals surface area contributed by atoms with Gasteiger partial charge in [-0.3, -0.25) is 18.3 Å². The molecule has 0 bridgehead atoms. The number of aromatic nitrogens is 5. The third-order valence-corrected chi connectivity index (χ3v) is 5.23. The molecule has 1 aromatic carbocycles. The normalized spacial score (nSPS) is 14.4. The van der Waals surface area contributed by atoms with Crippen LogP contribution in [0.4, 0.5) is 0 Å². The van der Waals surface area contributed by atoms with Crippen LogP contribution < -0.4 is 11.2 Å². The van der Waals surface area contributed by atoms with E-state index in [9.17, 15) is 9.59 Å². The highest BCUT2D eigenvalue weighted by atomic mass is 16.2. The van der Waals surface area contributed by atoms with E-state index in [2.05, 4.69) is 9.97 Å². The van der Waals surface area contributed by atoms with Gasteiger partial charge in [-0.15, -0.1) is 0 Å². The van der Waals surface area contributed by atoms with E-state index in [-0.39, 0.29) is 11.2 Å². The first-order valence-corrected chi connectivity index (χ1v) is 9.45. The standard InChI is InChI=1S/C20H21N5O2/c1-2-10-23-18(26)16-17(22-19-21-15(12-24(16)19)14-8-9-14)25(20(23)27)11-13-6-4-3-5-7-13/h3-7,12,14H,2,8-11H2,1H3,(H,21,22). The third kappa shape index (κ3) is 2.53. The van der Waals surface area contributed by atoms with Gasteiger partial charge in [-0.25, -0.2) is 4.79 Å². The Kier molecular flexibility index (Phi) is 3.56. The van der Waals surface area contributed by atoms with E-state index >= 15 is 0 Å². The lowest BCUT2D eigenvalue weighted by atomic mass is 10.2. The molecule has 27 heavy (non-hydrogen) atoms. The minimum atomic E-state index is -0.304. The van der Waals surface area contributed by atoms with Crippen LogP contribution in [-0.4, -0.2) is 23.5 Å². The van der Waals surface area contributed by atoms with Gasteiger partial charge in [0.15, 0.2) is 11.2 Å². The molecule has 1 saturated carbocycles. The van der Waals surface area contributed by atoms with Gasteiger partial charge in [0.1, 0.15) is 0 Å². The van der Waals surface area contributed by atoms with E-state index in [0.29, 0.717) is 42.4 Å². The zero-order chi connectivity index (χ0) is 18.5. The quantitative estimate of drug-likeness (QED) is 0.592. The van der Waals surface area contributed by atoms with Crippen LogP contribution in [0.15, 0.2) is 46.1 Å². The minimum Gasteiger partial charge on any atom is -0.327 e. The van der Waals surface area contributed by atoms with Gasteiger partial charge >= 0.3 is 5.69 Å². The Morgan fingerprint density at radius 3 is 2.63 bits per heavy atom. The second kappa shape index (κ2) is 5.97. The number of imidazole rings is 2. The van der Waals surface area contributed by atoms with Crippen molar-refractivity contribution in [2.45, 2.75) is 45.2 Å². The van der Waals surface area contributed by atoms with Gasteiger partial charge in [-0.05, 0) is 24.8 Å². The number of nitrogens with zero attached hydrogens (tertiary/aromatic N) is 4. The van der Waals surface area contributed by atoms with Crippen molar-refractivity contribution in [2.24, 2.45) is 0 Å². The summed E-state index contributed by atoms with van der Waals surface area (Å²) >= 11 is 0. The average molecular weight is 363 g/mol. The van der Waals surface area contributed by atoms with Crippen LogP contribution in [0.2, 0.25) is 0 Å². The monoisotopic (exact) mass is 363 g/mol. The minimum absolute atomic E-state index is 0.269. The summed E-state index contributed by atoms with van der Waals surface area (Å²) in [4.78, 5) is 34.1. The summed E-state index contributed by atoms with van der Waals surface area (Å²) in [6.07, 6.45) is 5.02. The van der Waals surface area contributed by atoms with Crippen molar-refractivity contribution in [1.29, 1.82) is 0 Å². The van der Waals surface area contributed by atoms with Crippen molar-refractivity contribution in [3.8, 4) is 0 Å². The van der Waals surface area contributed by atoms with Gasteiger partial charge in [0.05, 0.1) is 6.54 Å². The van der Waals surface area contributed by atoms with Crippen LogP contribution in [0.25, 0.3) is 16.9 Å². The van der Waals surface area contributed by atoms with E-state index in [4.69, 9.17) is 0 Å². The Hall–Kier alpha value is -3.09. The first kappa shape index (κ1) is 16.1. The molecule has 3 heterocycles. The number of benzene rings is 1. The van der Waals surface area contributed by atoms with Gasteiger partial charge in [0.25, 0.3) is 5.56 Å². The largest absolute Gasteiger partial charge is 0.333 e. The van der Waals surface area contributed by atoms with E-state index in [1.165, 1.54) is 17.4 Å². The number of fused-ring (bicyclic) bond motifs is 3. The highest BCUT2D eigenvalue weighted by Gasteiger charge is 2.27. The summed E-state index contributed by atoms with van der Waals surface area (Å²) in [5, 5.41) is 0. The zero-order valence-electron chi connectivity index (χ0n) is 15.2. The summed E-state index contributed by atoms with van der Waals surface area (Å²) in [6.45, 7) is 2.75. The summed E-state index contributed by atoms with van der Waals surface area (Å²) < 4.78 is 4.76. The lowest BCUT2D eigenvalue weighted by Gasteiger charge is -2.11. The fourth-order valence-corrected chi connectivity index (χ4v) is 3.70. The summed E-state index contributed by atoms with van der Waals surface area (Å²) in [5.74, 6) is 1.16. The molecule has 7 nitrogen and oxygen atoms in total. The maximum atomic E-state index is 13.1. The molecular weight excluding hydrogens is 342 g/mol.